The highest BCUT2D eigenvalue weighted by atomic mass is 35.5. The fourth-order valence-corrected chi connectivity index (χ4v) is 2.22. The van der Waals surface area contributed by atoms with E-state index in [2.05, 4.69) is 5.32 Å². The van der Waals surface area contributed by atoms with E-state index in [1.165, 1.54) is 12.1 Å². The molecule has 1 aromatic carbocycles. The highest BCUT2D eigenvalue weighted by molar-refractivity contribution is 6.33. The van der Waals surface area contributed by atoms with Crippen LogP contribution < -0.4 is 5.32 Å². The zero-order chi connectivity index (χ0) is 14.4. The molecule has 2 N–H and O–H groups in total. The van der Waals surface area contributed by atoms with E-state index in [1.54, 1.807) is 0 Å². The molecule has 0 aromatic heterocycles. The van der Waals surface area contributed by atoms with Gasteiger partial charge in [-0.15, -0.1) is 0 Å². The van der Waals surface area contributed by atoms with Gasteiger partial charge >= 0.3 is 0 Å². The van der Waals surface area contributed by atoms with E-state index in [0.29, 0.717) is 0 Å². The predicted molar refractivity (Wildman–Crippen MR) is 73.8 cm³/mol. The molecule has 0 aliphatic rings. The van der Waals surface area contributed by atoms with Crippen LogP contribution in [0.15, 0.2) is 18.2 Å². The van der Waals surface area contributed by atoms with Gasteiger partial charge in [0.05, 0.1) is 16.7 Å². The first kappa shape index (κ1) is 15.9. The highest BCUT2D eigenvalue weighted by Crippen LogP contribution is 2.17. The quantitative estimate of drug-likeness (QED) is 0.845. The number of carbonyl (C=O) groups excluding carboxylic acids is 1. The first-order valence-corrected chi connectivity index (χ1v) is 6.78. The van der Waals surface area contributed by atoms with Crippen LogP contribution in [-0.2, 0) is 0 Å². The molecular weight excluding hydrogens is 269 g/mol. The van der Waals surface area contributed by atoms with Crippen molar-refractivity contribution in [3.8, 4) is 0 Å². The standard InChI is InChI=1S/C14H19ClFNO2/c1-3-9(4-2)13(18)8-17-14(19)11-6-5-10(16)7-12(11)15/h5-7,9,13,18H,3-4,8H2,1-2H3,(H,17,19). The topological polar surface area (TPSA) is 49.3 Å². The third kappa shape index (κ3) is 4.48. The van der Waals surface area contributed by atoms with Crippen LogP contribution in [0.2, 0.25) is 5.02 Å². The Kier molecular flexibility index (Phi) is 6.25. The lowest BCUT2D eigenvalue weighted by atomic mass is 9.96. The number of benzene rings is 1. The van der Waals surface area contributed by atoms with Crippen LogP contribution in [0.3, 0.4) is 0 Å². The van der Waals surface area contributed by atoms with Crippen molar-refractivity contribution in [2.75, 3.05) is 6.54 Å². The maximum Gasteiger partial charge on any atom is 0.252 e. The van der Waals surface area contributed by atoms with E-state index in [4.69, 9.17) is 11.6 Å². The number of aliphatic hydroxyl groups excluding tert-OH is 1. The Morgan fingerprint density at radius 1 is 1.42 bits per heavy atom. The number of nitrogens with one attached hydrogen (secondary N) is 1. The second-order valence-corrected chi connectivity index (χ2v) is 4.89. The molecular formula is C14H19ClFNO2. The Bertz CT molecular complexity index is 435. The van der Waals surface area contributed by atoms with Gasteiger partial charge in [0.15, 0.2) is 0 Å². The first-order chi connectivity index (χ1) is 8.99. The lowest BCUT2D eigenvalue weighted by molar-refractivity contribution is 0.0816. The second kappa shape index (κ2) is 7.46. The third-order valence-corrected chi connectivity index (χ3v) is 3.55. The monoisotopic (exact) mass is 287 g/mol. The number of amides is 1. The van der Waals surface area contributed by atoms with Crippen molar-refractivity contribution < 1.29 is 14.3 Å². The summed E-state index contributed by atoms with van der Waals surface area (Å²) in [6.07, 6.45) is 1.12. The molecule has 0 saturated carbocycles. The van der Waals surface area contributed by atoms with E-state index in [-0.39, 0.29) is 23.0 Å². The Labute approximate surface area is 117 Å². The molecule has 19 heavy (non-hydrogen) atoms. The molecule has 0 bridgehead atoms. The first-order valence-electron chi connectivity index (χ1n) is 6.40. The van der Waals surface area contributed by atoms with Gasteiger partial charge < -0.3 is 10.4 Å². The SMILES string of the molecule is CCC(CC)C(O)CNC(=O)c1ccc(F)cc1Cl. The normalized spacial score (nSPS) is 12.5. The summed E-state index contributed by atoms with van der Waals surface area (Å²) in [5.74, 6) is -0.738. The smallest absolute Gasteiger partial charge is 0.252 e. The maximum atomic E-state index is 12.9. The fourth-order valence-electron chi connectivity index (χ4n) is 1.97. The van der Waals surface area contributed by atoms with Crippen molar-refractivity contribution in [3.63, 3.8) is 0 Å². The molecule has 0 spiro atoms. The van der Waals surface area contributed by atoms with E-state index in [0.717, 1.165) is 18.9 Å². The Balaban J connectivity index is 2.60. The molecule has 3 nitrogen and oxygen atoms in total. The van der Waals surface area contributed by atoms with E-state index >= 15 is 0 Å². The minimum Gasteiger partial charge on any atom is -0.391 e. The lowest BCUT2D eigenvalue weighted by Crippen LogP contribution is -2.36. The summed E-state index contributed by atoms with van der Waals surface area (Å²) in [6, 6.07) is 3.60. The van der Waals surface area contributed by atoms with Gasteiger partial charge in [-0.1, -0.05) is 38.3 Å². The number of aliphatic hydroxyl groups is 1. The van der Waals surface area contributed by atoms with Gasteiger partial charge in [0, 0.05) is 6.54 Å². The van der Waals surface area contributed by atoms with Gasteiger partial charge in [-0.25, -0.2) is 4.39 Å². The summed E-state index contributed by atoms with van der Waals surface area (Å²) in [5.41, 5.74) is 0.208. The number of halogens is 2. The zero-order valence-electron chi connectivity index (χ0n) is 11.1. The largest absolute Gasteiger partial charge is 0.391 e. The molecule has 5 heteroatoms. The van der Waals surface area contributed by atoms with Crippen molar-refractivity contribution >= 4 is 17.5 Å². The van der Waals surface area contributed by atoms with Crippen molar-refractivity contribution in [1.29, 1.82) is 0 Å². The summed E-state index contributed by atoms with van der Waals surface area (Å²) in [6.45, 7) is 4.16. The molecule has 0 heterocycles. The molecule has 1 atom stereocenters. The minimum absolute atomic E-state index is 0.0644. The lowest BCUT2D eigenvalue weighted by Gasteiger charge is -2.20. The molecule has 1 amide bonds. The summed E-state index contributed by atoms with van der Waals surface area (Å²) < 4.78 is 12.9. The predicted octanol–water partition coefficient (Wildman–Crippen LogP) is 3.01. The zero-order valence-corrected chi connectivity index (χ0v) is 11.9. The van der Waals surface area contributed by atoms with Crippen molar-refractivity contribution in [1.82, 2.24) is 5.32 Å². The molecule has 0 aliphatic heterocycles. The average Bonchev–Trinajstić information content (AvgIpc) is 2.37. The van der Waals surface area contributed by atoms with Gasteiger partial charge in [0.2, 0.25) is 0 Å². The van der Waals surface area contributed by atoms with E-state index in [1.807, 2.05) is 13.8 Å². The van der Waals surface area contributed by atoms with Gasteiger partial charge in [0.1, 0.15) is 5.82 Å². The summed E-state index contributed by atoms with van der Waals surface area (Å²) >= 11 is 5.79. The number of hydrogen-bond acceptors (Lipinski definition) is 2. The van der Waals surface area contributed by atoms with Crippen molar-refractivity contribution in [2.24, 2.45) is 5.92 Å². The van der Waals surface area contributed by atoms with Crippen LogP contribution in [0.5, 0.6) is 0 Å². The molecule has 1 rings (SSSR count). The molecule has 106 valence electrons. The van der Waals surface area contributed by atoms with Gasteiger partial charge in [-0.3, -0.25) is 4.79 Å². The van der Waals surface area contributed by atoms with Crippen LogP contribution in [0, 0.1) is 11.7 Å². The van der Waals surface area contributed by atoms with Crippen LogP contribution in [0.4, 0.5) is 4.39 Å². The van der Waals surface area contributed by atoms with E-state index in [9.17, 15) is 14.3 Å². The summed E-state index contributed by atoms with van der Waals surface area (Å²) in [5, 5.41) is 12.6. The molecule has 0 saturated heterocycles. The van der Waals surface area contributed by atoms with E-state index < -0.39 is 17.8 Å². The Morgan fingerprint density at radius 2 is 2.05 bits per heavy atom. The second-order valence-electron chi connectivity index (χ2n) is 4.48. The minimum atomic E-state index is -0.585. The van der Waals surface area contributed by atoms with Crippen LogP contribution >= 0.6 is 11.6 Å². The van der Waals surface area contributed by atoms with Crippen molar-refractivity contribution in [3.05, 3.63) is 34.6 Å². The fraction of sp³-hybridized carbons (Fsp3) is 0.500. The van der Waals surface area contributed by atoms with Gasteiger partial charge in [0.25, 0.3) is 5.91 Å². The average molecular weight is 288 g/mol. The Morgan fingerprint density at radius 3 is 2.58 bits per heavy atom. The summed E-state index contributed by atoms with van der Waals surface area (Å²) in [4.78, 5) is 11.9. The highest BCUT2D eigenvalue weighted by Gasteiger charge is 2.17. The number of carbonyl (C=O) groups is 1. The number of hydrogen-bond donors (Lipinski definition) is 2. The van der Waals surface area contributed by atoms with Crippen LogP contribution in [0.25, 0.3) is 0 Å². The number of rotatable bonds is 6. The van der Waals surface area contributed by atoms with Gasteiger partial charge in [-0.2, -0.15) is 0 Å². The molecule has 0 aliphatic carbocycles. The molecule has 1 aromatic rings. The van der Waals surface area contributed by atoms with Crippen LogP contribution in [0.1, 0.15) is 37.0 Å². The molecule has 0 radical (unpaired) electrons. The Hall–Kier alpha value is -1.13. The molecule has 1 unspecified atom stereocenters. The molecule has 0 fully saturated rings. The third-order valence-electron chi connectivity index (χ3n) is 3.24. The van der Waals surface area contributed by atoms with Crippen LogP contribution in [-0.4, -0.2) is 23.7 Å². The summed E-state index contributed by atoms with van der Waals surface area (Å²) in [7, 11) is 0. The van der Waals surface area contributed by atoms with Crippen molar-refractivity contribution in [2.45, 2.75) is 32.8 Å². The maximum absolute atomic E-state index is 12.9. The van der Waals surface area contributed by atoms with Gasteiger partial charge in [-0.05, 0) is 24.1 Å².